The van der Waals surface area contributed by atoms with Crippen LogP contribution < -0.4 is 15.8 Å². The molecular weight excluding hydrogens is 266 g/mol. The van der Waals surface area contributed by atoms with Gasteiger partial charge in [-0.3, -0.25) is 5.10 Å². The highest BCUT2D eigenvalue weighted by Crippen LogP contribution is 2.22. The molecule has 0 spiro atoms. The van der Waals surface area contributed by atoms with Crippen molar-refractivity contribution in [3.63, 3.8) is 0 Å². The summed E-state index contributed by atoms with van der Waals surface area (Å²) in [7, 11) is -2.18. The maximum atomic E-state index is 11.7. The van der Waals surface area contributed by atoms with Gasteiger partial charge >= 0.3 is 0 Å². The number of nitrogen functional groups attached to an aromatic ring is 1. The van der Waals surface area contributed by atoms with Gasteiger partial charge in [-0.2, -0.15) is 5.10 Å². The van der Waals surface area contributed by atoms with E-state index < -0.39 is 10.0 Å². The molecule has 5 N–H and O–H groups in total. The number of rotatable bonds is 5. The summed E-state index contributed by atoms with van der Waals surface area (Å²) < 4.78 is 25.5. The third-order valence-corrected chi connectivity index (χ3v) is 4.10. The fourth-order valence-electron chi connectivity index (χ4n) is 1.59. The molecule has 0 bridgehead atoms. The summed E-state index contributed by atoms with van der Waals surface area (Å²) in [6.45, 7) is 0.553. The second-order valence-corrected chi connectivity index (χ2v) is 5.75. The lowest BCUT2D eigenvalue weighted by Gasteiger charge is -2.09. The van der Waals surface area contributed by atoms with E-state index in [4.69, 9.17) is 5.73 Å². The molecule has 2 aromatic rings. The van der Waals surface area contributed by atoms with Crippen LogP contribution in [0.15, 0.2) is 35.4 Å². The van der Waals surface area contributed by atoms with Crippen LogP contribution in [0, 0.1) is 0 Å². The summed E-state index contributed by atoms with van der Waals surface area (Å²) in [5.74, 6) is 0. The first kappa shape index (κ1) is 13.4. The standard InChI is InChI=1S/C11H15N5O2S/c1-13-19(17,18)11-3-2-8(6-10(11)12)14-7-9-4-5-15-16-9/h2-6,13-14H,7,12H2,1H3,(H,15,16). The van der Waals surface area contributed by atoms with Gasteiger partial charge in [-0.1, -0.05) is 0 Å². The van der Waals surface area contributed by atoms with Crippen LogP contribution in [0.4, 0.5) is 11.4 Å². The maximum Gasteiger partial charge on any atom is 0.242 e. The first-order valence-electron chi connectivity index (χ1n) is 5.58. The first-order chi connectivity index (χ1) is 9.03. The van der Waals surface area contributed by atoms with Crippen LogP contribution >= 0.6 is 0 Å². The van der Waals surface area contributed by atoms with Crippen molar-refractivity contribution in [2.75, 3.05) is 18.1 Å². The monoisotopic (exact) mass is 281 g/mol. The fraction of sp³-hybridized carbons (Fsp3) is 0.182. The van der Waals surface area contributed by atoms with Crippen LogP contribution in [-0.4, -0.2) is 25.7 Å². The Bertz CT molecular complexity index is 652. The molecule has 1 aromatic heterocycles. The maximum absolute atomic E-state index is 11.7. The van der Waals surface area contributed by atoms with Gasteiger partial charge in [0.2, 0.25) is 10.0 Å². The number of sulfonamides is 1. The number of hydrogen-bond acceptors (Lipinski definition) is 5. The van der Waals surface area contributed by atoms with Crippen LogP contribution in [0.5, 0.6) is 0 Å². The van der Waals surface area contributed by atoms with E-state index in [1.165, 1.54) is 13.1 Å². The van der Waals surface area contributed by atoms with E-state index >= 15 is 0 Å². The Morgan fingerprint density at radius 3 is 2.74 bits per heavy atom. The lowest BCUT2D eigenvalue weighted by atomic mass is 10.2. The first-order valence-corrected chi connectivity index (χ1v) is 7.06. The van der Waals surface area contributed by atoms with Crippen molar-refractivity contribution >= 4 is 21.4 Å². The molecule has 0 fully saturated rings. The summed E-state index contributed by atoms with van der Waals surface area (Å²) in [5, 5.41) is 9.77. The zero-order valence-electron chi connectivity index (χ0n) is 10.3. The Hall–Kier alpha value is -2.06. The number of anilines is 2. The van der Waals surface area contributed by atoms with Crippen molar-refractivity contribution in [3.05, 3.63) is 36.2 Å². The molecule has 0 amide bonds. The minimum Gasteiger partial charge on any atom is -0.398 e. The molecule has 1 aromatic carbocycles. The van der Waals surface area contributed by atoms with Crippen LogP contribution in [0.25, 0.3) is 0 Å². The van der Waals surface area contributed by atoms with Gasteiger partial charge in [-0.15, -0.1) is 0 Å². The number of H-pyrrole nitrogens is 1. The Morgan fingerprint density at radius 1 is 1.37 bits per heavy atom. The highest BCUT2D eigenvalue weighted by Gasteiger charge is 2.15. The molecule has 2 rings (SSSR count). The molecule has 0 atom stereocenters. The predicted molar refractivity (Wildman–Crippen MR) is 73.0 cm³/mol. The van der Waals surface area contributed by atoms with Gasteiger partial charge in [0.1, 0.15) is 4.90 Å². The van der Waals surface area contributed by atoms with Crippen molar-refractivity contribution in [2.24, 2.45) is 0 Å². The van der Waals surface area contributed by atoms with Crippen molar-refractivity contribution in [3.8, 4) is 0 Å². The molecule has 1 heterocycles. The second kappa shape index (κ2) is 5.29. The lowest BCUT2D eigenvalue weighted by molar-refractivity contribution is 0.588. The van der Waals surface area contributed by atoms with Crippen molar-refractivity contribution in [1.29, 1.82) is 0 Å². The molecule has 0 saturated heterocycles. The summed E-state index contributed by atoms with van der Waals surface area (Å²) in [5.41, 5.74) is 7.61. The number of aromatic nitrogens is 2. The summed E-state index contributed by atoms with van der Waals surface area (Å²) >= 11 is 0. The van der Waals surface area contributed by atoms with E-state index in [0.717, 1.165) is 11.4 Å². The highest BCUT2D eigenvalue weighted by molar-refractivity contribution is 7.89. The zero-order valence-corrected chi connectivity index (χ0v) is 11.2. The van der Waals surface area contributed by atoms with Gasteiger partial charge in [0.25, 0.3) is 0 Å². The third-order valence-electron chi connectivity index (χ3n) is 2.61. The average Bonchev–Trinajstić information content (AvgIpc) is 2.89. The molecule has 0 radical (unpaired) electrons. The molecule has 0 aliphatic rings. The Morgan fingerprint density at radius 2 is 2.16 bits per heavy atom. The van der Waals surface area contributed by atoms with E-state index in [1.807, 2.05) is 6.07 Å². The summed E-state index contributed by atoms with van der Waals surface area (Å²) in [6.07, 6.45) is 1.66. The number of nitrogens with two attached hydrogens (primary N) is 1. The summed E-state index contributed by atoms with van der Waals surface area (Å²) in [4.78, 5) is 0.0714. The highest BCUT2D eigenvalue weighted by atomic mass is 32.2. The Kier molecular flexibility index (Phi) is 3.72. The van der Waals surface area contributed by atoms with Gasteiger partial charge in [0, 0.05) is 11.9 Å². The number of nitrogens with zero attached hydrogens (tertiary/aromatic N) is 1. The van der Waals surface area contributed by atoms with E-state index in [2.05, 4.69) is 20.2 Å². The average molecular weight is 281 g/mol. The van der Waals surface area contributed by atoms with Gasteiger partial charge in [-0.25, -0.2) is 13.1 Å². The van der Waals surface area contributed by atoms with Gasteiger partial charge < -0.3 is 11.1 Å². The molecule has 102 valence electrons. The van der Waals surface area contributed by atoms with Crippen molar-refractivity contribution in [1.82, 2.24) is 14.9 Å². The number of benzene rings is 1. The van der Waals surface area contributed by atoms with Crippen molar-refractivity contribution < 1.29 is 8.42 Å². The van der Waals surface area contributed by atoms with E-state index in [0.29, 0.717) is 6.54 Å². The SMILES string of the molecule is CNS(=O)(=O)c1ccc(NCc2ccn[nH]2)cc1N. The lowest BCUT2D eigenvalue weighted by Crippen LogP contribution is -2.20. The smallest absolute Gasteiger partial charge is 0.242 e. The van der Waals surface area contributed by atoms with Gasteiger partial charge in [-0.05, 0) is 31.3 Å². The van der Waals surface area contributed by atoms with E-state index in [1.54, 1.807) is 18.3 Å². The predicted octanol–water partition coefficient (Wildman–Crippen LogP) is 0.512. The quantitative estimate of drug-likeness (QED) is 0.596. The largest absolute Gasteiger partial charge is 0.398 e. The van der Waals surface area contributed by atoms with E-state index in [-0.39, 0.29) is 10.6 Å². The Balaban J connectivity index is 2.15. The zero-order chi connectivity index (χ0) is 13.9. The number of nitrogens with one attached hydrogen (secondary N) is 3. The third kappa shape index (κ3) is 3.04. The topological polar surface area (TPSA) is 113 Å². The minimum absolute atomic E-state index is 0.0714. The molecule has 19 heavy (non-hydrogen) atoms. The van der Waals surface area contributed by atoms with Crippen LogP contribution in [0.3, 0.4) is 0 Å². The number of aromatic amines is 1. The molecule has 0 aliphatic carbocycles. The van der Waals surface area contributed by atoms with Gasteiger partial charge in [0.05, 0.1) is 17.9 Å². The van der Waals surface area contributed by atoms with Crippen LogP contribution in [0.2, 0.25) is 0 Å². The molecular formula is C11H15N5O2S. The normalized spacial score (nSPS) is 11.4. The molecule has 7 nitrogen and oxygen atoms in total. The molecule has 0 aliphatic heterocycles. The van der Waals surface area contributed by atoms with Gasteiger partial charge in [0.15, 0.2) is 0 Å². The molecule has 0 unspecified atom stereocenters. The fourth-order valence-corrected chi connectivity index (χ4v) is 2.43. The molecule has 8 heteroatoms. The van der Waals surface area contributed by atoms with E-state index in [9.17, 15) is 8.42 Å². The van der Waals surface area contributed by atoms with Crippen LogP contribution in [0.1, 0.15) is 5.69 Å². The summed E-state index contributed by atoms with van der Waals surface area (Å²) in [6, 6.07) is 6.56. The minimum atomic E-state index is -3.52. The number of hydrogen-bond donors (Lipinski definition) is 4. The van der Waals surface area contributed by atoms with Crippen molar-refractivity contribution in [2.45, 2.75) is 11.4 Å². The second-order valence-electron chi connectivity index (χ2n) is 3.90. The molecule has 0 saturated carbocycles. The van der Waals surface area contributed by atoms with Crippen LogP contribution in [-0.2, 0) is 16.6 Å². The Labute approximate surface area is 111 Å².